The van der Waals surface area contributed by atoms with Gasteiger partial charge in [-0.15, -0.1) is 0 Å². The van der Waals surface area contributed by atoms with Gasteiger partial charge in [-0.05, 0) is 25.1 Å². The van der Waals surface area contributed by atoms with Crippen molar-refractivity contribution in [3.05, 3.63) is 57.9 Å². The molecule has 0 fully saturated rings. The van der Waals surface area contributed by atoms with E-state index in [1.165, 1.54) is 19.1 Å². The molecule has 1 atom stereocenters. The van der Waals surface area contributed by atoms with E-state index in [1.807, 2.05) is 0 Å². The largest absolute Gasteiger partial charge is 0.506 e. The number of fused-ring (bicyclic) bond motifs is 1. The molecule has 2 aromatic carbocycles. The molecule has 7 heteroatoms. The molecular weight excluding hydrogens is 337 g/mol. The van der Waals surface area contributed by atoms with E-state index >= 15 is 0 Å². The molecular formula is C17H13ClFNO4. The summed E-state index contributed by atoms with van der Waals surface area (Å²) >= 11 is 5.78. The Bertz CT molecular complexity index is 831. The maximum absolute atomic E-state index is 14.5. The summed E-state index contributed by atoms with van der Waals surface area (Å²) in [7, 11) is 0. The first-order valence-corrected chi connectivity index (χ1v) is 7.56. The number of aliphatic hydroxyl groups is 1. The molecule has 2 aromatic rings. The maximum Gasteiger partial charge on any atom is 0.266 e. The average Bonchev–Trinajstić information content (AvgIpc) is 2.77. The summed E-state index contributed by atoms with van der Waals surface area (Å²) in [5.41, 5.74) is -0.174. The van der Waals surface area contributed by atoms with Crippen LogP contribution < -0.4 is 4.90 Å². The van der Waals surface area contributed by atoms with Gasteiger partial charge in [0, 0.05) is 12.0 Å². The van der Waals surface area contributed by atoms with Gasteiger partial charge in [-0.3, -0.25) is 9.59 Å². The predicted octanol–water partition coefficient (Wildman–Crippen LogP) is 2.91. The predicted molar refractivity (Wildman–Crippen MR) is 86.0 cm³/mol. The lowest BCUT2D eigenvalue weighted by Crippen LogP contribution is -2.31. The molecule has 2 amide bonds. The summed E-state index contributed by atoms with van der Waals surface area (Å²) in [5, 5.41) is 19.5. The fourth-order valence-electron chi connectivity index (χ4n) is 2.77. The number of aromatic hydroxyl groups is 1. The highest BCUT2D eigenvalue weighted by molar-refractivity contribution is 6.35. The van der Waals surface area contributed by atoms with Crippen molar-refractivity contribution < 1.29 is 24.2 Å². The number of hydrogen-bond acceptors (Lipinski definition) is 4. The number of benzene rings is 2. The number of aliphatic hydroxyl groups excluding tert-OH is 1. The van der Waals surface area contributed by atoms with Gasteiger partial charge in [-0.25, -0.2) is 9.29 Å². The third-order valence-corrected chi connectivity index (χ3v) is 4.08. The molecule has 24 heavy (non-hydrogen) atoms. The highest BCUT2D eigenvalue weighted by Crippen LogP contribution is 2.41. The van der Waals surface area contributed by atoms with E-state index in [-0.39, 0.29) is 33.8 Å². The minimum Gasteiger partial charge on any atom is -0.506 e. The Kier molecular flexibility index (Phi) is 4.03. The van der Waals surface area contributed by atoms with Gasteiger partial charge < -0.3 is 10.2 Å². The highest BCUT2D eigenvalue weighted by atomic mass is 35.5. The van der Waals surface area contributed by atoms with Crippen LogP contribution in [-0.2, 0) is 6.42 Å². The first-order chi connectivity index (χ1) is 11.3. The molecule has 1 aliphatic rings. The molecule has 3 rings (SSSR count). The molecule has 0 saturated carbocycles. The zero-order valence-corrected chi connectivity index (χ0v) is 13.3. The van der Waals surface area contributed by atoms with Gasteiger partial charge >= 0.3 is 0 Å². The number of phenolic OH excluding ortho intramolecular Hbond substituents is 1. The first kappa shape index (κ1) is 16.4. The number of carbonyl (C=O) groups is 2. The van der Waals surface area contributed by atoms with Crippen molar-refractivity contribution in [1.82, 2.24) is 0 Å². The smallest absolute Gasteiger partial charge is 0.266 e. The Morgan fingerprint density at radius 2 is 1.75 bits per heavy atom. The van der Waals surface area contributed by atoms with E-state index in [1.54, 1.807) is 12.1 Å². The molecule has 2 N–H and O–H groups in total. The SMILES string of the molecule is CC(O)Cc1c(O)c(Cl)cc(F)c1N1C(=O)c2ccccc2C1=O. The van der Waals surface area contributed by atoms with Gasteiger partial charge in [0.25, 0.3) is 11.8 Å². The minimum absolute atomic E-state index is 0.0930. The van der Waals surface area contributed by atoms with Crippen molar-refractivity contribution >= 4 is 29.1 Å². The number of anilines is 1. The number of carbonyl (C=O) groups excluding carboxylic acids is 2. The second kappa shape index (κ2) is 5.89. The van der Waals surface area contributed by atoms with Crippen LogP contribution in [0.1, 0.15) is 33.2 Å². The summed E-state index contributed by atoms with van der Waals surface area (Å²) in [6.07, 6.45) is -1.12. The first-order valence-electron chi connectivity index (χ1n) is 7.18. The van der Waals surface area contributed by atoms with E-state index in [0.717, 1.165) is 6.07 Å². The average molecular weight is 350 g/mol. The lowest BCUT2D eigenvalue weighted by molar-refractivity contribution is 0.0924. The third kappa shape index (κ3) is 2.44. The van der Waals surface area contributed by atoms with Crippen molar-refractivity contribution in [2.24, 2.45) is 0 Å². The molecule has 0 aliphatic carbocycles. The Balaban J connectivity index is 2.22. The third-order valence-electron chi connectivity index (χ3n) is 3.79. The van der Waals surface area contributed by atoms with Gasteiger partial charge in [-0.1, -0.05) is 23.7 Å². The fourth-order valence-corrected chi connectivity index (χ4v) is 2.98. The second-order valence-electron chi connectivity index (χ2n) is 5.56. The fraction of sp³-hybridized carbons (Fsp3) is 0.176. The normalized spacial score (nSPS) is 14.9. The summed E-state index contributed by atoms with van der Waals surface area (Å²) in [6.45, 7) is 1.43. The van der Waals surface area contributed by atoms with Crippen molar-refractivity contribution in [2.45, 2.75) is 19.4 Å². The van der Waals surface area contributed by atoms with E-state index in [9.17, 15) is 24.2 Å². The van der Waals surface area contributed by atoms with E-state index in [0.29, 0.717) is 4.90 Å². The van der Waals surface area contributed by atoms with Gasteiger partial charge in [-0.2, -0.15) is 0 Å². The molecule has 1 aliphatic heterocycles. The van der Waals surface area contributed by atoms with Crippen LogP contribution in [0.2, 0.25) is 5.02 Å². The monoisotopic (exact) mass is 349 g/mol. The quantitative estimate of drug-likeness (QED) is 0.835. The van der Waals surface area contributed by atoms with Crippen LogP contribution in [0.4, 0.5) is 10.1 Å². The summed E-state index contributed by atoms with van der Waals surface area (Å²) in [5.74, 6) is -2.78. The zero-order valence-electron chi connectivity index (χ0n) is 12.6. The Morgan fingerprint density at radius 1 is 1.21 bits per heavy atom. The van der Waals surface area contributed by atoms with Crippen LogP contribution >= 0.6 is 11.6 Å². The van der Waals surface area contributed by atoms with Gasteiger partial charge in [0.2, 0.25) is 0 Å². The zero-order chi connectivity index (χ0) is 17.6. The topological polar surface area (TPSA) is 77.8 Å². The summed E-state index contributed by atoms with van der Waals surface area (Å²) in [6, 6.07) is 6.97. The maximum atomic E-state index is 14.5. The number of phenols is 1. The van der Waals surface area contributed by atoms with E-state index < -0.39 is 29.5 Å². The summed E-state index contributed by atoms with van der Waals surface area (Å²) < 4.78 is 14.5. The second-order valence-corrected chi connectivity index (χ2v) is 5.97. The van der Waals surface area contributed by atoms with Gasteiger partial charge in [0.05, 0.1) is 27.9 Å². The van der Waals surface area contributed by atoms with E-state index in [2.05, 4.69) is 0 Å². The van der Waals surface area contributed by atoms with E-state index in [4.69, 9.17) is 11.6 Å². The van der Waals surface area contributed by atoms with Crippen LogP contribution in [0.5, 0.6) is 5.75 Å². The van der Waals surface area contributed by atoms with Crippen LogP contribution in [-0.4, -0.2) is 28.1 Å². The molecule has 0 bridgehead atoms. The lowest BCUT2D eigenvalue weighted by Gasteiger charge is -2.21. The molecule has 5 nitrogen and oxygen atoms in total. The molecule has 124 valence electrons. The molecule has 0 radical (unpaired) electrons. The molecule has 1 heterocycles. The molecule has 0 saturated heterocycles. The van der Waals surface area contributed by atoms with Crippen molar-refractivity contribution in [1.29, 1.82) is 0 Å². The van der Waals surface area contributed by atoms with Gasteiger partial charge in [0.15, 0.2) is 0 Å². The number of halogens is 2. The van der Waals surface area contributed by atoms with Crippen molar-refractivity contribution in [3.8, 4) is 5.75 Å². The molecule has 0 spiro atoms. The number of hydrogen-bond donors (Lipinski definition) is 2. The van der Waals surface area contributed by atoms with Crippen LogP contribution in [0, 0.1) is 5.82 Å². The number of rotatable bonds is 3. The highest BCUT2D eigenvalue weighted by Gasteiger charge is 2.39. The van der Waals surface area contributed by atoms with Crippen LogP contribution in [0.25, 0.3) is 0 Å². The standard InChI is InChI=1S/C17H13ClFNO4/c1-8(21)6-11-14(13(19)7-12(18)15(11)22)20-16(23)9-4-2-3-5-10(9)17(20)24/h2-5,7-8,21-22H,6H2,1H3. The van der Waals surface area contributed by atoms with Gasteiger partial charge in [0.1, 0.15) is 11.6 Å². The minimum atomic E-state index is -0.942. The number of nitrogens with zero attached hydrogens (tertiary/aromatic N) is 1. The lowest BCUT2D eigenvalue weighted by atomic mass is 10.0. The van der Waals surface area contributed by atoms with Crippen LogP contribution in [0.15, 0.2) is 30.3 Å². The molecule has 0 aromatic heterocycles. The number of imide groups is 1. The molecule has 1 unspecified atom stereocenters. The van der Waals surface area contributed by atoms with Crippen molar-refractivity contribution in [2.75, 3.05) is 4.90 Å². The Morgan fingerprint density at radius 3 is 2.25 bits per heavy atom. The number of amides is 2. The Hall–Kier alpha value is -2.44. The Labute approximate surface area is 141 Å². The van der Waals surface area contributed by atoms with Crippen molar-refractivity contribution in [3.63, 3.8) is 0 Å². The van der Waals surface area contributed by atoms with Crippen LogP contribution in [0.3, 0.4) is 0 Å². The summed E-state index contributed by atoms with van der Waals surface area (Å²) in [4.78, 5) is 25.8.